The lowest BCUT2D eigenvalue weighted by atomic mass is 10.3. The maximum Gasteiger partial charge on any atom is 0.313 e. The molecule has 0 fully saturated rings. The van der Waals surface area contributed by atoms with Crippen molar-refractivity contribution in [2.45, 2.75) is 19.8 Å². The van der Waals surface area contributed by atoms with E-state index in [0.29, 0.717) is 5.82 Å². The summed E-state index contributed by atoms with van der Waals surface area (Å²) in [7, 11) is 1.35. The SMILES string of the molecule is CCc1cnc(CC(=O)OC)nc1. The first-order valence-corrected chi connectivity index (χ1v) is 4.13. The number of esters is 1. The molecule has 0 unspecified atom stereocenters. The Hall–Kier alpha value is -1.45. The van der Waals surface area contributed by atoms with Crippen LogP contribution in [0.4, 0.5) is 0 Å². The standard InChI is InChI=1S/C9H12N2O2/c1-3-7-5-10-8(11-6-7)4-9(12)13-2/h5-6H,3-4H2,1-2H3. The molecule has 0 atom stereocenters. The molecular formula is C9H12N2O2. The second kappa shape index (κ2) is 4.54. The number of rotatable bonds is 3. The van der Waals surface area contributed by atoms with Gasteiger partial charge in [0.05, 0.1) is 7.11 Å². The van der Waals surface area contributed by atoms with Crippen molar-refractivity contribution < 1.29 is 9.53 Å². The molecule has 1 aromatic rings. The van der Waals surface area contributed by atoms with Crippen LogP contribution in [0.3, 0.4) is 0 Å². The molecule has 0 saturated heterocycles. The predicted molar refractivity (Wildman–Crippen MR) is 47.1 cm³/mol. The smallest absolute Gasteiger partial charge is 0.313 e. The number of hydrogen-bond acceptors (Lipinski definition) is 4. The average molecular weight is 180 g/mol. The third-order valence-electron chi connectivity index (χ3n) is 1.70. The summed E-state index contributed by atoms with van der Waals surface area (Å²) in [5.41, 5.74) is 1.06. The highest BCUT2D eigenvalue weighted by Gasteiger charge is 2.04. The molecule has 0 bridgehead atoms. The van der Waals surface area contributed by atoms with Crippen molar-refractivity contribution in [3.8, 4) is 0 Å². The zero-order valence-electron chi connectivity index (χ0n) is 7.78. The summed E-state index contributed by atoms with van der Waals surface area (Å²) >= 11 is 0. The first-order chi connectivity index (χ1) is 6.26. The van der Waals surface area contributed by atoms with Crippen molar-refractivity contribution in [3.05, 3.63) is 23.8 Å². The van der Waals surface area contributed by atoms with E-state index in [2.05, 4.69) is 14.7 Å². The fraction of sp³-hybridized carbons (Fsp3) is 0.444. The summed E-state index contributed by atoms with van der Waals surface area (Å²) < 4.78 is 4.49. The second-order valence-corrected chi connectivity index (χ2v) is 2.61. The number of ether oxygens (including phenoxy) is 1. The van der Waals surface area contributed by atoms with Crippen LogP contribution in [0, 0.1) is 0 Å². The lowest BCUT2D eigenvalue weighted by Gasteiger charge is -1.99. The van der Waals surface area contributed by atoms with Gasteiger partial charge in [0.2, 0.25) is 0 Å². The summed E-state index contributed by atoms with van der Waals surface area (Å²) in [5.74, 6) is 0.188. The Kier molecular flexibility index (Phi) is 3.37. The molecule has 0 saturated carbocycles. The van der Waals surface area contributed by atoms with Gasteiger partial charge in [-0.25, -0.2) is 9.97 Å². The minimum atomic E-state index is -0.316. The van der Waals surface area contributed by atoms with Gasteiger partial charge in [0, 0.05) is 12.4 Å². The van der Waals surface area contributed by atoms with E-state index in [1.807, 2.05) is 6.92 Å². The molecule has 0 aromatic carbocycles. The molecule has 0 aliphatic heterocycles. The van der Waals surface area contributed by atoms with E-state index in [-0.39, 0.29) is 12.4 Å². The summed E-state index contributed by atoms with van der Waals surface area (Å²) in [6.07, 6.45) is 4.50. The summed E-state index contributed by atoms with van der Waals surface area (Å²) in [6, 6.07) is 0. The van der Waals surface area contributed by atoms with Gasteiger partial charge in [-0.1, -0.05) is 6.92 Å². The first-order valence-electron chi connectivity index (χ1n) is 4.13. The van der Waals surface area contributed by atoms with Crippen molar-refractivity contribution in [1.82, 2.24) is 9.97 Å². The van der Waals surface area contributed by atoms with Crippen LogP contribution in [-0.4, -0.2) is 23.0 Å². The number of aryl methyl sites for hydroxylation is 1. The molecule has 4 heteroatoms. The molecule has 0 aliphatic rings. The number of carbonyl (C=O) groups is 1. The van der Waals surface area contributed by atoms with E-state index >= 15 is 0 Å². The molecule has 0 spiro atoms. The van der Waals surface area contributed by atoms with Crippen molar-refractivity contribution in [1.29, 1.82) is 0 Å². The number of nitrogens with zero attached hydrogens (tertiary/aromatic N) is 2. The molecule has 0 amide bonds. The molecule has 13 heavy (non-hydrogen) atoms. The van der Waals surface area contributed by atoms with Crippen LogP contribution in [0.5, 0.6) is 0 Å². The van der Waals surface area contributed by atoms with Crippen LogP contribution in [0.25, 0.3) is 0 Å². The number of hydrogen-bond donors (Lipinski definition) is 0. The Bertz CT molecular complexity index is 282. The molecular weight excluding hydrogens is 168 g/mol. The Morgan fingerprint density at radius 2 is 2.08 bits per heavy atom. The minimum Gasteiger partial charge on any atom is -0.469 e. The van der Waals surface area contributed by atoms with E-state index in [1.165, 1.54) is 7.11 Å². The topological polar surface area (TPSA) is 52.1 Å². The van der Waals surface area contributed by atoms with Crippen molar-refractivity contribution >= 4 is 5.97 Å². The van der Waals surface area contributed by atoms with Gasteiger partial charge in [-0.2, -0.15) is 0 Å². The van der Waals surface area contributed by atoms with Crippen molar-refractivity contribution in [3.63, 3.8) is 0 Å². The van der Waals surface area contributed by atoms with E-state index in [1.54, 1.807) is 12.4 Å². The monoisotopic (exact) mass is 180 g/mol. The molecule has 4 nitrogen and oxygen atoms in total. The summed E-state index contributed by atoms with van der Waals surface area (Å²) in [6.45, 7) is 2.03. The second-order valence-electron chi connectivity index (χ2n) is 2.61. The van der Waals surface area contributed by atoms with Crippen LogP contribution in [0.1, 0.15) is 18.3 Å². The quantitative estimate of drug-likeness (QED) is 0.644. The van der Waals surface area contributed by atoms with E-state index < -0.39 is 0 Å². The zero-order valence-corrected chi connectivity index (χ0v) is 7.78. The first kappa shape index (κ1) is 9.64. The average Bonchev–Trinajstić information content (AvgIpc) is 2.19. The molecule has 1 rings (SSSR count). The normalized spacial score (nSPS) is 9.69. The van der Waals surface area contributed by atoms with Crippen LogP contribution >= 0.6 is 0 Å². The van der Waals surface area contributed by atoms with Crippen LogP contribution in [0.15, 0.2) is 12.4 Å². The van der Waals surface area contributed by atoms with Gasteiger partial charge in [-0.15, -0.1) is 0 Å². The zero-order chi connectivity index (χ0) is 9.68. The lowest BCUT2D eigenvalue weighted by molar-refractivity contribution is -0.139. The summed E-state index contributed by atoms with van der Waals surface area (Å²) in [4.78, 5) is 18.9. The van der Waals surface area contributed by atoms with Crippen LogP contribution in [-0.2, 0) is 22.4 Å². The Morgan fingerprint density at radius 3 is 2.54 bits per heavy atom. The molecule has 0 aliphatic carbocycles. The third kappa shape index (κ3) is 2.82. The van der Waals surface area contributed by atoms with Gasteiger partial charge in [0.1, 0.15) is 12.2 Å². The molecule has 70 valence electrons. The Labute approximate surface area is 77.0 Å². The lowest BCUT2D eigenvalue weighted by Crippen LogP contribution is -2.07. The van der Waals surface area contributed by atoms with Crippen molar-refractivity contribution in [2.24, 2.45) is 0 Å². The molecule has 0 N–H and O–H groups in total. The third-order valence-corrected chi connectivity index (χ3v) is 1.70. The molecule has 1 heterocycles. The largest absolute Gasteiger partial charge is 0.469 e. The number of carbonyl (C=O) groups excluding carboxylic acids is 1. The maximum atomic E-state index is 10.8. The van der Waals surface area contributed by atoms with Crippen LogP contribution in [0.2, 0.25) is 0 Å². The van der Waals surface area contributed by atoms with Gasteiger partial charge in [0.15, 0.2) is 0 Å². The van der Waals surface area contributed by atoms with Gasteiger partial charge >= 0.3 is 5.97 Å². The van der Waals surface area contributed by atoms with E-state index in [4.69, 9.17) is 0 Å². The Balaban J connectivity index is 2.64. The summed E-state index contributed by atoms with van der Waals surface area (Å²) in [5, 5.41) is 0. The fourth-order valence-corrected chi connectivity index (χ4v) is 0.857. The van der Waals surface area contributed by atoms with Crippen molar-refractivity contribution in [2.75, 3.05) is 7.11 Å². The highest BCUT2D eigenvalue weighted by atomic mass is 16.5. The molecule has 0 radical (unpaired) electrons. The predicted octanol–water partition coefficient (Wildman–Crippen LogP) is 0.754. The number of methoxy groups -OCH3 is 1. The fourth-order valence-electron chi connectivity index (χ4n) is 0.857. The van der Waals surface area contributed by atoms with E-state index in [0.717, 1.165) is 12.0 Å². The van der Waals surface area contributed by atoms with Gasteiger partial charge in [0.25, 0.3) is 0 Å². The van der Waals surface area contributed by atoms with Gasteiger partial charge in [-0.05, 0) is 12.0 Å². The van der Waals surface area contributed by atoms with E-state index in [9.17, 15) is 4.79 Å². The number of aromatic nitrogens is 2. The highest BCUT2D eigenvalue weighted by Crippen LogP contribution is 1.97. The maximum absolute atomic E-state index is 10.8. The molecule has 1 aromatic heterocycles. The Morgan fingerprint density at radius 1 is 1.46 bits per heavy atom. The van der Waals surface area contributed by atoms with Gasteiger partial charge < -0.3 is 4.74 Å². The highest BCUT2D eigenvalue weighted by molar-refractivity contribution is 5.71. The van der Waals surface area contributed by atoms with Crippen LogP contribution < -0.4 is 0 Å². The van der Waals surface area contributed by atoms with Gasteiger partial charge in [-0.3, -0.25) is 4.79 Å². The minimum absolute atomic E-state index is 0.139.